The minimum Gasteiger partial charge on any atom is -0.468 e. The smallest absolute Gasteiger partial charge is 0.251 e. The van der Waals surface area contributed by atoms with E-state index in [1.807, 2.05) is 18.2 Å². The van der Waals surface area contributed by atoms with Crippen LogP contribution in [-0.4, -0.2) is 14.3 Å². The Balaban J connectivity index is 1.42. The second-order valence-corrected chi connectivity index (χ2v) is 8.46. The summed E-state index contributed by atoms with van der Waals surface area (Å²) in [5, 5.41) is 3.04. The van der Waals surface area contributed by atoms with Crippen molar-refractivity contribution in [2.45, 2.75) is 30.3 Å². The maximum absolute atomic E-state index is 12.6. The highest BCUT2D eigenvalue weighted by Crippen LogP contribution is 2.30. The highest BCUT2D eigenvalue weighted by molar-refractivity contribution is 7.89. The van der Waals surface area contributed by atoms with E-state index in [4.69, 9.17) is 4.42 Å². The molecule has 0 spiro atoms. The number of rotatable bonds is 6. The highest BCUT2D eigenvalue weighted by Gasteiger charge is 2.24. The molecule has 7 heteroatoms. The number of benzene rings is 2. The number of nitrogens with one attached hydrogen (secondary N) is 2. The van der Waals surface area contributed by atoms with Gasteiger partial charge in [0.15, 0.2) is 0 Å². The Morgan fingerprint density at radius 2 is 1.82 bits per heavy atom. The molecule has 28 heavy (non-hydrogen) atoms. The van der Waals surface area contributed by atoms with Crippen LogP contribution < -0.4 is 10.0 Å². The van der Waals surface area contributed by atoms with Gasteiger partial charge < -0.3 is 9.73 Å². The van der Waals surface area contributed by atoms with Crippen molar-refractivity contribution in [1.82, 2.24) is 10.0 Å². The fourth-order valence-corrected chi connectivity index (χ4v) is 4.39. The molecule has 6 nitrogen and oxygen atoms in total. The molecule has 0 aliphatic heterocycles. The normalized spacial score (nSPS) is 15.9. The summed E-state index contributed by atoms with van der Waals surface area (Å²) in [7, 11) is -3.68. The third-order valence-electron chi connectivity index (χ3n) is 4.88. The van der Waals surface area contributed by atoms with Crippen molar-refractivity contribution in [2.24, 2.45) is 0 Å². The Bertz CT molecular complexity index is 1070. The van der Waals surface area contributed by atoms with E-state index in [1.165, 1.54) is 36.1 Å². The molecular weight excluding hydrogens is 376 g/mol. The predicted octanol–water partition coefficient (Wildman–Crippen LogP) is 3.18. The molecule has 144 valence electrons. The lowest BCUT2D eigenvalue weighted by molar-refractivity contribution is 0.0936. The van der Waals surface area contributed by atoms with Crippen LogP contribution in [0.2, 0.25) is 0 Å². The predicted molar refractivity (Wildman–Crippen MR) is 104 cm³/mol. The number of fused-ring (bicyclic) bond motifs is 1. The Morgan fingerprint density at radius 3 is 2.57 bits per heavy atom. The number of amides is 1. The molecule has 0 saturated carbocycles. The van der Waals surface area contributed by atoms with Gasteiger partial charge in [-0.2, -0.15) is 0 Å². The highest BCUT2D eigenvalue weighted by atomic mass is 32.2. The Labute approximate surface area is 163 Å². The van der Waals surface area contributed by atoms with Crippen molar-refractivity contribution in [2.75, 3.05) is 0 Å². The molecule has 1 aromatic heterocycles. The van der Waals surface area contributed by atoms with Crippen molar-refractivity contribution in [3.8, 4) is 0 Å². The Morgan fingerprint density at radius 1 is 1.04 bits per heavy atom. The maximum Gasteiger partial charge on any atom is 0.251 e. The van der Waals surface area contributed by atoms with E-state index in [1.54, 1.807) is 12.1 Å². The maximum atomic E-state index is 12.6. The van der Waals surface area contributed by atoms with Crippen LogP contribution in [0.15, 0.2) is 76.2 Å². The van der Waals surface area contributed by atoms with E-state index in [0.717, 1.165) is 18.4 Å². The van der Waals surface area contributed by atoms with Gasteiger partial charge in [0.25, 0.3) is 5.91 Å². The molecule has 4 rings (SSSR count). The molecule has 0 bridgehead atoms. The van der Waals surface area contributed by atoms with Crippen LogP contribution in [0.25, 0.3) is 0 Å². The first kappa shape index (κ1) is 18.5. The third kappa shape index (κ3) is 3.85. The topological polar surface area (TPSA) is 88.4 Å². The zero-order valence-electron chi connectivity index (χ0n) is 15.1. The van der Waals surface area contributed by atoms with E-state index in [9.17, 15) is 13.2 Å². The molecule has 1 aliphatic carbocycles. The van der Waals surface area contributed by atoms with Gasteiger partial charge in [-0.3, -0.25) is 4.79 Å². The fourth-order valence-electron chi connectivity index (χ4n) is 3.40. The quantitative estimate of drug-likeness (QED) is 0.670. The van der Waals surface area contributed by atoms with Crippen molar-refractivity contribution in [1.29, 1.82) is 0 Å². The molecule has 1 aliphatic rings. The van der Waals surface area contributed by atoms with Crippen molar-refractivity contribution in [3.63, 3.8) is 0 Å². The number of hydrogen-bond donors (Lipinski definition) is 2. The molecule has 0 fully saturated rings. The summed E-state index contributed by atoms with van der Waals surface area (Å²) >= 11 is 0. The van der Waals surface area contributed by atoms with E-state index in [0.29, 0.717) is 11.3 Å². The van der Waals surface area contributed by atoms with Crippen LogP contribution in [0.5, 0.6) is 0 Å². The van der Waals surface area contributed by atoms with E-state index in [2.05, 4.69) is 16.1 Å². The van der Waals surface area contributed by atoms with Crippen LogP contribution >= 0.6 is 0 Å². The van der Waals surface area contributed by atoms with Gasteiger partial charge in [-0.25, -0.2) is 13.1 Å². The summed E-state index contributed by atoms with van der Waals surface area (Å²) in [6.07, 6.45) is 3.30. The third-order valence-corrected chi connectivity index (χ3v) is 6.30. The second kappa shape index (κ2) is 7.61. The van der Waals surface area contributed by atoms with Gasteiger partial charge in [-0.05, 0) is 60.4 Å². The molecule has 0 saturated heterocycles. The van der Waals surface area contributed by atoms with Gasteiger partial charge in [-0.15, -0.1) is 0 Å². The van der Waals surface area contributed by atoms with Gasteiger partial charge >= 0.3 is 0 Å². The number of hydrogen-bond acceptors (Lipinski definition) is 4. The Hall–Kier alpha value is -2.90. The monoisotopic (exact) mass is 396 g/mol. The lowest BCUT2D eigenvalue weighted by atomic mass is 10.1. The lowest BCUT2D eigenvalue weighted by Gasteiger charge is -2.14. The molecule has 2 aromatic carbocycles. The molecule has 1 heterocycles. The molecule has 1 amide bonds. The lowest BCUT2D eigenvalue weighted by Crippen LogP contribution is -2.27. The van der Waals surface area contributed by atoms with Crippen LogP contribution in [0.4, 0.5) is 0 Å². The number of carbonyl (C=O) groups excluding carboxylic acids is 1. The summed E-state index contributed by atoms with van der Waals surface area (Å²) < 4.78 is 32.3. The van der Waals surface area contributed by atoms with E-state index in [-0.39, 0.29) is 23.4 Å². The van der Waals surface area contributed by atoms with Crippen LogP contribution in [0.1, 0.15) is 39.7 Å². The summed E-state index contributed by atoms with van der Waals surface area (Å²) in [4.78, 5) is 12.7. The molecular formula is C21H20N2O4S. The minimum absolute atomic E-state index is 0.0120. The van der Waals surface area contributed by atoms with Crippen molar-refractivity contribution >= 4 is 15.9 Å². The largest absolute Gasteiger partial charge is 0.468 e. The first-order chi connectivity index (χ1) is 13.5. The number of aryl methyl sites for hydroxylation is 1. The van der Waals surface area contributed by atoms with Gasteiger partial charge in [0.2, 0.25) is 10.0 Å². The summed E-state index contributed by atoms with van der Waals surface area (Å²) in [6.45, 7) is 0.0681. The van der Waals surface area contributed by atoms with Gasteiger partial charge in [0.1, 0.15) is 5.76 Å². The van der Waals surface area contributed by atoms with Gasteiger partial charge in [-0.1, -0.05) is 24.3 Å². The molecule has 2 N–H and O–H groups in total. The molecule has 0 unspecified atom stereocenters. The number of sulfonamides is 1. The zero-order valence-corrected chi connectivity index (χ0v) is 15.9. The SMILES string of the molecule is O=C(N[C@@H]1CCc2ccccc21)c1ccc(S(=O)(=O)NCc2ccco2)cc1. The summed E-state index contributed by atoms with van der Waals surface area (Å²) in [5.41, 5.74) is 2.84. The van der Waals surface area contributed by atoms with Crippen molar-refractivity contribution in [3.05, 3.63) is 89.4 Å². The van der Waals surface area contributed by atoms with Crippen LogP contribution in [-0.2, 0) is 23.0 Å². The average Bonchev–Trinajstić information content (AvgIpc) is 3.37. The molecule has 0 radical (unpaired) electrons. The van der Waals surface area contributed by atoms with Gasteiger partial charge in [0, 0.05) is 5.56 Å². The first-order valence-corrected chi connectivity index (χ1v) is 10.5. The van der Waals surface area contributed by atoms with E-state index < -0.39 is 10.0 Å². The summed E-state index contributed by atoms with van der Waals surface area (Å²) in [6, 6.07) is 17.4. The standard InChI is InChI=1S/C21H20N2O4S/c24-21(23-20-12-9-15-4-1-2-6-19(15)20)16-7-10-18(11-8-16)28(25,26)22-14-17-5-3-13-27-17/h1-8,10-11,13,20,22H,9,12,14H2,(H,23,24)/t20-/m1/s1. The first-order valence-electron chi connectivity index (χ1n) is 9.04. The van der Waals surface area contributed by atoms with Crippen molar-refractivity contribution < 1.29 is 17.6 Å². The molecule has 1 atom stereocenters. The number of furan rings is 1. The molecule has 3 aromatic rings. The second-order valence-electron chi connectivity index (χ2n) is 6.69. The van der Waals surface area contributed by atoms with Gasteiger partial charge in [0.05, 0.1) is 23.7 Å². The fraction of sp³-hybridized carbons (Fsp3) is 0.190. The average molecular weight is 396 g/mol. The summed E-state index contributed by atoms with van der Waals surface area (Å²) in [5.74, 6) is 0.311. The van der Waals surface area contributed by atoms with Crippen LogP contribution in [0, 0.1) is 0 Å². The van der Waals surface area contributed by atoms with E-state index >= 15 is 0 Å². The van der Waals surface area contributed by atoms with Crippen LogP contribution in [0.3, 0.4) is 0 Å². The zero-order chi connectivity index (χ0) is 19.6. The number of carbonyl (C=O) groups is 1. The Kier molecular flexibility index (Phi) is 5.02. The minimum atomic E-state index is -3.68.